The number of amides is 1. The lowest BCUT2D eigenvalue weighted by Crippen LogP contribution is -2.40. The Balaban J connectivity index is 1.87. The number of carbonyl (C=O) groups excluding carboxylic acids is 1. The van der Waals surface area contributed by atoms with E-state index < -0.39 is 16.1 Å². The van der Waals surface area contributed by atoms with Gasteiger partial charge < -0.3 is 23.8 Å². The van der Waals surface area contributed by atoms with Crippen molar-refractivity contribution in [1.82, 2.24) is 9.62 Å². The van der Waals surface area contributed by atoms with Crippen molar-refractivity contribution in [1.29, 1.82) is 0 Å². The highest BCUT2D eigenvalue weighted by Crippen LogP contribution is 2.31. The van der Waals surface area contributed by atoms with Crippen LogP contribution in [0.4, 0.5) is 0 Å². The maximum atomic E-state index is 13.1. The Hall–Kier alpha value is -2.82. The van der Waals surface area contributed by atoms with Gasteiger partial charge in [-0.1, -0.05) is 6.07 Å². The van der Waals surface area contributed by atoms with Crippen LogP contribution < -0.4 is 18.9 Å². The van der Waals surface area contributed by atoms with Crippen LogP contribution in [0.5, 0.6) is 17.2 Å². The molecule has 1 unspecified atom stereocenters. The minimum absolute atomic E-state index is 0.0257. The standard InChI is InChI=1S/C22H28N2O7S/c1-15(16-5-7-20(29-3)21(13-16)30-4)23-32(26,27)17-6-8-19(28-2)18(14-17)22(25)24-9-11-31-12-10-24/h5-8,13-15,23H,9-12H2,1-4H3. The molecule has 2 aromatic rings. The van der Waals surface area contributed by atoms with Crippen LogP contribution in [0.15, 0.2) is 41.3 Å². The molecule has 0 saturated carbocycles. The van der Waals surface area contributed by atoms with Crippen LogP contribution in [0.1, 0.15) is 28.9 Å². The average molecular weight is 465 g/mol. The van der Waals surface area contributed by atoms with Gasteiger partial charge in [-0.15, -0.1) is 0 Å². The number of ether oxygens (including phenoxy) is 4. The van der Waals surface area contributed by atoms with Gasteiger partial charge in [0.25, 0.3) is 5.91 Å². The van der Waals surface area contributed by atoms with Crippen LogP contribution in [0.25, 0.3) is 0 Å². The molecule has 9 nitrogen and oxygen atoms in total. The smallest absolute Gasteiger partial charge is 0.257 e. The van der Waals surface area contributed by atoms with Gasteiger partial charge >= 0.3 is 0 Å². The molecule has 1 aliphatic heterocycles. The molecule has 0 spiro atoms. The van der Waals surface area contributed by atoms with Crippen molar-refractivity contribution in [3.05, 3.63) is 47.5 Å². The lowest BCUT2D eigenvalue weighted by atomic mass is 10.1. The third kappa shape index (κ3) is 5.14. The van der Waals surface area contributed by atoms with E-state index in [1.54, 1.807) is 30.0 Å². The summed E-state index contributed by atoms with van der Waals surface area (Å²) in [4.78, 5) is 14.6. The van der Waals surface area contributed by atoms with E-state index in [9.17, 15) is 13.2 Å². The molecular weight excluding hydrogens is 436 g/mol. The third-order valence-electron chi connectivity index (χ3n) is 5.25. The second-order valence-electron chi connectivity index (χ2n) is 7.22. The molecule has 0 aromatic heterocycles. The number of benzene rings is 2. The zero-order chi connectivity index (χ0) is 23.3. The van der Waals surface area contributed by atoms with E-state index in [1.165, 1.54) is 39.5 Å². The lowest BCUT2D eigenvalue weighted by molar-refractivity contribution is 0.0300. The van der Waals surface area contributed by atoms with Gasteiger partial charge in [-0.3, -0.25) is 4.79 Å². The lowest BCUT2D eigenvalue weighted by Gasteiger charge is -2.27. The SMILES string of the molecule is COc1ccc(C(C)NS(=O)(=O)c2ccc(OC)c(C(=O)N3CCOCC3)c2)cc1OC. The number of sulfonamides is 1. The number of methoxy groups -OCH3 is 3. The molecule has 2 aromatic carbocycles. The first-order chi connectivity index (χ1) is 15.3. The summed E-state index contributed by atoms with van der Waals surface area (Å²) < 4.78 is 50.0. The highest BCUT2D eigenvalue weighted by atomic mass is 32.2. The minimum Gasteiger partial charge on any atom is -0.496 e. The number of rotatable bonds is 8. The van der Waals surface area contributed by atoms with Crippen LogP contribution in [0.2, 0.25) is 0 Å². The van der Waals surface area contributed by atoms with E-state index in [0.717, 1.165) is 0 Å². The fourth-order valence-corrected chi connectivity index (χ4v) is 4.71. The Morgan fingerprint density at radius 2 is 1.59 bits per heavy atom. The predicted octanol–water partition coefficient (Wildman–Crippen LogP) is 2.22. The van der Waals surface area contributed by atoms with Gasteiger partial charge in [0, 0.05) is 19.1 Å². The number of hydrogen-bond acceptors (Lipinski definition) is 7. The monoisotopic (exact) mass is 464 g/mol. The second kappa shape index (κ2) is 10.2. The summed E-state index contributed by atoms with van der Waals surface area (Å²) in [5.41, 5.74) is 0.889. The van der Waals surface area contributed by atoms with E-state index in [4.69, 9.17) is 18.9 Å². The summed E-state index contributed by atoms with van der Waals surface area (Å²) in [6.07, 6.45) is 0. The van der Waals surface area contributed by atoms with Crippen molar-refractivity contribution in [2.24, 2.45) is 0 Å². The summed E-state index contributed by atoms with van der Waals surface area (Å²) in [5, 5.41) is 0. The number of nitrogens with one attached hydrogen (secondary N) is 1. The third-order valence-corrected chi connectivity index (χ3v) is 6.79. The molecule has 1 N–H and O–H groups in total. The topological polar surface area (TPSA) is 103 Å². The number of nitrogens with zero attached hydrogens (tertiary/aromatic N) is 1. The van der Waals surface area contributed by atoms with Gasteiger partial charge in [-0.25, -0.2) is 13.1 Å². The highest BCUT2D eigenvalue weighted by Gasteiger charge is 2.26. The summed E-state index contributed by atoms with van der Waals surface area (Å²) in [5.74, 6) is 1.06. The Morgan fingerprint density at radius 1 is 0.969 bits per heavy atom. The molecule has 1 heterocycles. The van der Waals surface area contributed by atoms with Crippen LogP contribution in [0.3, 0.4) is 0 Å². The Morgan fingerprint density at radius 3 is 2.22 bits per heavy atom. The average Bonchev–Trinajstić information content (AvgIpc) is 2.82. The predicted molar refractivity (Wildman–Crippen MR) is 118 cm³/mol. The molecule has 1 saturated heterocycles. The maximum absolute atomic E-state index is 13.1. The van der Waals surface area contributed by atoms with Crippen molar-refractivity contribution >= 4 is 15.9 Å². The van der Waals surface area contributed by atoms with Crippen LogP contribution in [-0.4, -0.2) is 66.9 Å². The van der Waals surface area contributed by atoms with Gasteiger partial charge in [-0.05, 0) is 42.8 Å². The van der Waals surface area contributed by atoms with Crippen LogP contribution >= 0.6 is 0 Å². The van der Waals surface area contributed by atoms with Crippen molar-refractivity contribution in [3.8, 4) is 17.2 Å². The first kappa shape index (κ1) is 23.8. The van der Waals surface area contributed by atoms with E-state index in [2.05, 4.69) is 4.72 Å². The van der Waals surface area contributed by atoms with E-state index in [0.29, 0.717) is 49.1 Å². The highest BCUT2D eigenvalue weighted by molar-refractivity contribution is 7.89. The van der Waals surface area contributed by atoms with Gasteiger partial charge in [0.2, 0.25) is 10.0 Å². The molecule has 0 bridgehead atoms. The molecule has 10 heteroatoms. The van der Waals surface area contributed by atoms with Crippen molar-refractivity contribution in [3.63, 3.8) is 0 Å². The van der Waals surface area contributed by atoms with Crippen molar-refractivity contribution < 1.29 is 32.2 Å². The van der Waals surface area contributed by atoms with Crippen LogP contribution in [-0.2, 0) is 14.8 Å². The summed E-state index contributed by atoms with van der Waals surface area (Å²) in [6.45, 7) is 3.48. The van der Waals surface area contributed by atoms with Gasteiger partial charge in [0.15, 0.2) is 11.5 Å². The minimum atomic E-state index is -3.93. The molecule has 0 radical (unpaired) electrons. The zero-order valence-corrected chi connectivity index (χ0v) is 19.4. The molecule has 32 heavy (non-hydrogen) atoms. The van der Waals surface area contributed by atoms with Gasteiger partial charge in [0.1, 0.15) is 5.75 Å². The number of carbonyl (C=O) groups is 1. The fourth-order valence-electron chi connectivity index (χ4n) is 3.45. The summed E-state index contributed by atoms with van der Waals surface area (Å²) in [7, 11) is 0.559. The normalized spacial score (nSPS) is 15.2. The Labute approximate surface area is 188 Å². The van der Waals surface area contributed by atoms with Crippen molar-refractivity contribution in [2.75, 3.05) is 47.6 Å². The molecule has 3 rings (SSSR count). The first-order valence-corrected chi connectivity index (χ1v) is 11.6. The maximum Gasteiger partial charge on any atom is 0.257 e. The second-order valence-corrected chi connectivity index (χ2v) is 8.94. The Kier molecular flexibility index (Phi) is 7.60. The first-order valence-electron chi connectivity index (χ1n) is 10.1. The molecular formula is C22H28N2O7S. The zero-order valence-electron chi connectivity index (χ0n) is 18.6. The van der Waals surface area contributed by atoms with Gasteiger partial charge in [0.05, 0.1) is 45.0 Å². The summed E-state index contributed by atoms with van der Waals surface area (Å²) in [6, 6.07) is 8.89. The molecule has 1 atom stereocenters. The molecule has 1 amide bonds. The fraction of sp³-hybridized carbons (Fsp3) is 0.409. The summed E-state index contributed by atoms with van der Waals surface area (Å²) >= 11 is 0. The Bertz CT molecular complexity index is 1070. The van der Waals surface area contributed by atoms with Crippen LogP contribution in [0, 0.1) is 0 Å². The van der Waals surface area contributed by atoms with E-state index >= 15 is 0 Å². The van der Waals surface area contributed by atoms with E-state index in [1.807, 2.05) is 0 Å². The van der Waals surface area contributed by atoms with E-state index in [-0.39, 0.29) is 16.4 Å². The largest absolute Gasteiger partial charge is 0.496 e. The quantitative estimate of drug-likeness (QED) is 0.639. The number of hydrogen-bond donors (Lipinski definition) is 1. The molecule has 174 valence electrons. The van der Waals surface area contributed by atoms with Crippen molar-refractivity contribution in [2.45, 2.75) is 17.9 Å². The number of morpholine rings is 1. The molecule has 1 fully saturated rings. The van der Waals surface area contributed by atoms with Gasteiger partial charge in [-0.2, -0.15) is 0 Å². The molecule has 1 aliphatic rings. The molecule has 0 aliphatic carbocycles.